The van der Waals surface area contributed by atoms with E-state index in [0.717, 1.165) is 19.3 Å². The second-order valence-corrected chi connectivity index (χ2v) is 5.55. The SMILES string of the molecule is C=CCCCCCCCC(=O)OCCC(C)(C)N. The van der Waals surface area contributed by atoms with Crippen LogP contribution in [-0.4, -0.2) is 18.1 Å². The highest BCUT2D eigenvalue weighted by Crippen LogP contribution is 2.09. The van der Waals surface area contributed by atoms with Crippen LogP contribution in [0.1, 0.15) is 65.2 Å². The highest BCUT2D eigenvalue weighted by molar-refractivity contribution is 5.69. The zero-order valence-corrected chi connectivity index (χ0v) is 12.0. The van der Waals surface area contributed by atoms with Crippen LogP contribution < -0.4 is 5.73 Å². The van der Waals surface area contributed by atoms with Crippen molar-refractivity contribution in [3.05, 3.63) is 12.7 Å². The van der Waals surface area contributed by atoms with E-state index >= 15 is 0 Å². The van der Waals surface area contributed by atoms with Gasteiger partial charge in [0.2, 0.25) is 0 Å². The Bertz CT molecular complexity index is 231. The Morgan fingerprint density at radius 2 is 1.83 bits per heavy atom. The van der Waals surface area contributed by atoms with Gasteiger partial charge in [-0.15, -0.1) is 6.58 Å². The van der Waals surface area contributed by atoms with E-state index in [9.17, 15) is 4.79 Å². The molecule has 0 aromatic carbocycles. The molecular formula is C15H29NO2. The summed E-state index contributed by atoms with van der Waals surface area (Å²) < 4.78 is 5.13. The highest BCUT2D eigenvalue weighted by Gasteiger charge is 2.11. The van der Waals surface area contributed by atoms with E-state index in [4.69, 9.17) is 10.5 Å². The smallest absolute Gasteiger partial charge is 0.305 e. The second kappa shape index (κ2) is 10.1. The lowest BCUT2D eigenvalue weighted by Crippen LogP contribution is -2.33. The van der Waals surface area contributed by atoms with Crippen molar-refractivity contribution < 1.29 is 9.53 Å². The largest absolute Gasteiger partial charge is 0.466 e. The van der Waals surface area contributed by atoms with Gasteiger partial charge in [-0.05, 0) is 39.5 Å². The molecule has 0 aromatic rings. The van der Waals surface area contributed by atoms with E-state index in [1.807, 2.05) is 19.9 Å². The Kier molecular flexibility index (Phi) is 9.66. The monoisotopic (exact) mass is 255 g/mol. The van der Waals surface area contributed by atoms with Crippen molar-refractivity contribution in [2.24, 2.45) is 5.73 Å². The van der Waals surface area contributed by atoms with Crippen molar-refractivity contribution in [1.82, 2.24) is 0 Å². The molecule has 0 bridgehead atoms. The third-order valence-electron chi connectivity index (χ3n) is 2.80. The fourth-order valence-electron chi connectivity index (χ4n) is 1.59. The van der Waals surface area contributed by atoms with Crippen LogP contribution >= 0.6 is 0 Å². The first-order valence-electron chi connectivity index (χ1n) is 7.01. The summed E-state index contributed by atoms with van der Waals surface area (Å²) in [5.74, 6) is -0.0923. The van der Waals surface area contributed by atoms with Gasteiger partial charge in [-0.25, -0.2) is 0 Å². The molecule has 0 amide bonds. The first-order valence-corrected chi connectivity index (χ1v) is 7.01. The van der Waals surface area contributed by atoms with E-state index in [2.05, 4.69) is 6.58 Å². The summed E-state index contributed by atoms with van der Waals surface area (Å²) in [6, 6.07) is 0. The maximum atomic E-state index is 11.4. The molecule has 3 heteroatoms. The van der Waals surface area contributed by atoms with E-state index in [0.29, 0.717) is 19.4 Å². The number of carbonyl (C=O) groups excluding carboxylic acids is 1. The van der Waals surface area contributed by atoms with Gasteiger partial charge < -0.3 is 10.5 Å². The number of hydrogen-bond donors (Lipinski definition) is 1. The summed E-state index contributed by atoms with van der Waals surface area (Å²) in [6.45, 7) is 7.99. The first kappa shape index (κ1) is 17.2. The van der Waals surface area contributed by atoms with E-state index in [1.165, 1.54) is 19.3 Å². The summed E-state index contributed by atoms with van der Waals surface area (Å²) in [6.07, 6.45) is 9.95. The molecule has 0 aliphatic carbocycles. The number of nitrogens with two attached hydrogens (primary N) is 1. The molecule has 0 aliphatic rings. The average Bonchev–Trinajstić information content (AvgIpc) is 2.26. The van der Waals surface area contributed by atoms with Crippen molar-refractivity contribution in [1.29, 1.82) is 0 Å². The van der Waals surface area contributed by atoms with E-state index < -0.39 is 0 Å². The zero-order chi connectivity index (χ0) is 13.9. The van der Waals surface area contributed by atoms with Gasteiger partial charge in [0.25, 0.3) is 0 Å². The Morgan fingerprint density at radius 1 is 1.22 bits per heavy atom. The minimum absolute atomic E-state index is 0.0923. The van der Waals surface area contributed by atoms with Gasteiger partial charge in [0, 0.05) is 12.0 Å². The molecule has 3 nitrogen and oxygen atoms in total. The number of esters is 1. The molecule has 106 valence electrons. The molecule has 0 spiro atoms. The highest BCUT2D eigenvalue weighted by atomic mass is 16.5. The maximum Gasteiger partial charge on any atom is 0.305 e. The van der Waals surface area contributed by atoms with Crippen LogP contribution in [0.2, 0.25) is 0 Å². The minimum Gasteiger partial charge on any atom is -0.466 e. The number of rotatable bonds is 11. The average molecular weight is 255 g/mol. The molecule has 0 aromatic heterocycles. The Labute approximate surface area is 112 Å². The lowest BCUT2D eigenvalue weighted by Gasteiger charge is -2.17. The Hall–Kier alpha value is -0.830. The molecule has 0 heterocycles. The van der Waals surface area contributed by atoms with Crippen molar-refractivity contribution in [3.8, 4) is 0 Å². The summed E-state index contributed by atoms with van der Waals surface area (Å²) in [4.78, 5) is 11.4. The lowest BCUT2D eigenvalue weighted by atomic mass is 10.0. The number of ether oxygens (including phenoxy) is 1. The van der Waals surface area contributed by atoms with Gasteiger partial charge in [-0.3, -0.25) is 4.79 Å². The number of hydrogen-bond acceptors (Lipinski definition) is 3. The van der Waals surface area contributed by atoms with Gasteiger partial charge in [-0.1, -0.05) is 25.3 Å². The van der Waals surface area contributed by atoms with E-state index in [-0.39, 0.29) is 11.5 Å². The van der Waals surface area contributed by atoms with Crippen LogP contribution in [0.5, 0.6) is 0 Å². The van der Waals surface area contributed by atoms with Gasteiger partial charge in [0.05, 0.1) is 6.61 Å². The third kappa shape index (κ3) is 13.2. The molecule has 0 aliphatic heterocycles. The van der Waals surface area contributed by atoms with Crippen LogP contribution in [0, 0.1) is 0 Å². The van der Waals surface area contributed by atoms with E-state index in [1.54, 1.807) is 0 Å². The van der Waals surface area contributed by atoms with Gasteiger partial charge in [-0.2, -0.15) is 0 Å². The topological polar surface area (TPSA) is 52.3 Å². The van der Waals surface area contributed by atoms with Crippen molar-refractivity contribution in [2.45, 2.75) is 70.8 Å². The normalized spacial score (nSPS) is 11.3. The molecule has 0 unspecified atom stereocenters. The van der Waals surface area contributed by atoms with Crippen LogP contribution in [0.25, 0.3) is 0 Å². The summed E-state index contributed by atoms with van der Waals surface area (Å²) in [5, 5.41) is 0. The Morgan fingerprint density at radius 3 is 2.44 bits per heavy atom. The molecule has 0 rings (SSSR count). The van der Waals surface area contributed by atoms with Gasteiger partial charge in [0.15, 0.2) is 0 Å². The van der Waals surface area contributed by atoms with Gasteiger partial charge >= 0.3 is 5.97 Å². The standard InChI is InChI=1S/C15H29NO2/c1-4-5-6-7-8-9-10-11-14(17)18-13-12-15(2,3)16/h4H,1,5-13,16H2,2-3H3. The molecule has 0 saturated heterocycles. The van der Waals surface area contributed by atoms with Crippen LogP contribution in [0.4, 0.5) is 0 Å². The fraction of sp³-hybridized carbons (Fsp3) is 0.800. The maximum absolute atomic E-state index is 11.4. The third-order valence-corrected chi connectivity index (χ3v) is 2.80. The quantitative estimate of drug-likeness (QED) is 0.349. The Balaban J connectivity index is 3.29. The predicted molar refractivity (Wildman–Crippen MR) is 76.4 cm³/mol. The molecule has 2 N–H and O–H groups in total. The predicted octanol–water partition coefficient (Wildman–Crippen LogP) is 3.57. The molecule has 0 radical (unpaired) electrons. The number of carbonyl (C=O) groups is 1. The number of allylic oxidation sites excluding steroid dienone is 1. The fourth-order valence-corrected chi connectivity index (χ4v) is 1.59. The summed E-state index contributed by atoms with van der Waals surface area (Å²) >= 11 is 0. The molecule has 0 atom stereocenters. The first-order chi connectivity index (χ1) is 8.45. The summed E-state index contributed by atoms with van der Waals surface area (Å²) in [7, 11) is 0. The lowest BCUT2D eigenvalue weighted by molar-refractivity contribution is -0.144. The van der Waals surface area contributed by atoms with Crippen LogP contribution in [-0.2, 0) is 9.53 Å². The van der Waals surface area contributed by atoms with Crippen LogP contribution in [0.15, 0.2) is 12.7 Å². The molecular weight excluding hydrogens is 226 g/mol. The molecule has 0 saturated carbocycles. The zero-order valence-electron chi connectivity index (χ0n) is 12.0. The van der Waals surface area contributed by atoms with Gasteiger partial charge in [0.1, 0.15) is 0 Å². The minimum atomic E-state index is -0.258. The number of unbranched alkanes of at least 4 members (excludes halogenated alkanes) is 5. The van der Waals surface area contributed by atoms with Crippen molar-refractivity contribution in [3.63, 3.8) is 0 Å². The molecule has 18 heavy (non-hydrogen) atoms. The molecule has 0 fully saturated rings. The second-order valence-electron chi connectivity index (χ2n) is 5.55. The van der Waals surface area contributed by atoms with Crippen molar-refractivity contribution in [2.75, 3.05) is 6.61 Å². The summed E-state index contributed by atoms with van der Waals surface area (Å²) in [5.41, 5.74) is 5.54. The van der Waals surface area contributed by atoms with Crippen molar-refractivity contribution >= 4 is 5.97 Å². The van der Waals surface area contributed by atoms with Crippen LogP contribution in [0.3, 0.4) is 0 Å².